The zero-order valence-corrected chi connectivity index (χ0v) is 15.0. The number of hydrogen-bond donors (Lipinski definition) is 2. The van der Waals surface area contributed by atoms with E-state index in [9.17, 15) is 14.4 Å². The molecule has 25 heavy (non-hydrogen) atoms. The lowest BCUT2D eigenvalue weighted by atomic mass is 10.1. The van der Waals surface area contributed by atoms with Gasteiger partial charge in [0.15, 0.2) is 0 Å². The molecule has 0 spiro atoms. The van der Waals surface area contributed by atoms with E-state index in [0.717, 1.165) is 25.7 Å². The van der Waals surface area contributed by atoms with Gasteiger partial charge in [-0.1, -0.05) is 37.3 Å². The van der Waals surface area contributed by atoms with E-state index in [2.05, 4.69) is 15.4 Å². The number of hydrogen-bond acceptors (Lipinski definition) is 4. The van der Waals surface area contributed by atoms with E-state index >= 15 is 0 Å². The number of esters is 1. The summed E-state index contributed by atoms with van der Waals surface area (Å²) in [5.41, 5.74) is 0.543. The molecule has 0 aromatic heterocycles. The molecule has 2 rings (SSSR count). The highest BCUT2D eigenvalue weighted by Gasteiger charge is 2.18. The highest BCUT2D eigenvalue weighted by atomic mass is 35.5. The summed E-state index contributed by atoms with van der Waals surface area (Å²) in [7, 11) is 1.27. The van der Waals surface area contributed by atoms with Gasteiger partial charge < -0.3 is 15.4 Å². The highest BCUT2D eigenvalue weighted by molar-refractivity contribution is 6.34. The van der Waals surface area contributed by atoms with Crippen molar-refractivity contribution in [2.45, 2.75) is 51.0 Å². The van der Waals surface area contributed by atoms with Crippen molar-refractivity contribution < 1.29 is 19.1 Å². The third kappa shape index (κ3) is 6.05. The number of carbonyl (C=O) groups excluding carboxylic acids is 3. The van der Waals surface area contributed by atoms with E-state index in [1.54, 1.807) is 0 Å². The van der Waals surface area contributed by atoms with Crippen LogP contribution in [-0.4, -0.2) is 30.9 Å². The van der Waals surface area contributed by atoms with Gasteiger partial charge in [-0.15, -0.1) is 0 Å². The van der Waals surface area contributed by atoms with E-state index in [1.807, 2.05) is 0 Å². The van der Waals surface area contributed by atoms with Crippen LogP contribution in [0.2, 0.25) is 5.02 Å². The van der Waals surface area contributed by atoms with Gasteiger partial charge in [0.2, 0.25) is 11.8 Å². The van der Waals surface area contributed by atoms with Crippen LogP contribution in [0.25, 0.3) is 0 Å². The first kappa shape index (κ1) is 19.2. The number of benzene rings is 1. The molecule has 0 radical (unpaired) electrons. The second-order valence-corrected chi connectivity index (χ2v) is 6.57. The van der Waals surface area contributed by atoms with Gasteiger partial charge in [0, 0.05) is 6.04 Å². The van der Waals surface area contributed by atoms with E-state index < -0.39 is 11.9 Å². The van der Waals surface area contributed by atoms with Gasteiger partial charge in [-0.25, -0.2) is 4.79 Å². The molecule has 0 atom stereocenters. The van der Waals surface area contributed by atoms with Crippen molar-refractivity contribution in [1.82, 2.24) is 5.32 Å². The summed E-state index contributed by atoms with van der Waals surface area (Å²) in [5.74, 6) is -1.31. The summed E-state index contributed by atoms with van der Waals surface area (Å²) in [6, 6.07) is 4.57. The number of halogens is 1. The Kier molecular flexibility index (Phi) is 7.25. The van der Waals surface area contributed by atoms with Crippen molar-refractivity contribution in [2.75, 3.05) is 12.4 Å². The van der Waals surface area contributed by atoms with Crippen LogP contribution >= 0.6 is 11.6 Å². The molecule has 2 N–H and O–H groups in total. The van der Waals surface area contributed by atoms with Crippen LogP contribution in [0.3, 0.4) is 0 Å². The first-order valence-electron chi connectivity index (χ1n) is 8.46. The van der Waals surface area contributed by atoms with E-state index in [-0.39, 0.29) is 34.6 Å². The van der Waals surface area contributed by atoms with Gasteiger partial charge in [0.25, 0.3) is 0 Å². The quantitative estimate of drug-likeness (QED) is 0.475. The largest absolute Gasteiger partial charge is 0.465 e. The topological polar surface area (TPSA) is 84.5 Å². The zero-order chi connectivity index (χ0) is 18.2. The molecule has 0 heterocycles. The Morgan fingerprint density at radius 2 is 1.80 bits per heavy atom. The number of carbonyl (C=O) groups is 3. The van der Waals surface area contributed by atoms with E-state index in [1.165, 1.54) is 38.2 Å². The summed E-state index contributed by atoms with van der Waals surface area (Å²) in [6.07, 6.45) is 6.24. The molecular weight excluding hydrogens is 344 g/mol. The lowest BCUT2D eigenvalue weighted by Gasteiger charge is -2.16. The Bertz CT molecular complexity index is 640. The fourth-order valence-corrected chi connectivity index (χ4v) is 3.07. The van der Waals surface area contributed by atoms with Crippen LogP contribution in [0.4, 0.5) is 5.69 Å². The van der Waals surface area contributed by atoms with Crippen LogP contribution in [0.5, 0.6) is 0 Å². The monoisotopic (exact) mass is 366 g/mol. The first-order chi connectivity index (χ1) is 12.0. The van der Waals surface area contributed by atoms with Crippen molar-refractivity contribution in [2.24, 2.45) is 0 Å². The number of amides is 2. The maximum atomic E-state index is 12.1. The molecule has 0 bridgehead atoms. The molecule has 2 amide bonds. The molecule has 1 aromatic rings. The second-order valence-electron chi connectivity index (χ2n) is 6.17. The molecule has 0 saturated heterocycles. The maximum Gasteiger partial charge on any atom is 0.337 e. The Morgan fingerprint density at radius 1 is 1.12 bits per heavy atom. The van der Waals surface area contributed by atoms with Gasteiger partial charge in [-0.2, -0.15) is 0 Å². The average Bonchev–Trinajstić information content (AvgIpc) is 2.84. The Balaban J connectivity index is 1.90. The van der Waals surface area contributed by atoms with Crippen LogP contribution < -0.4 is 10.6 Å². The normalized spacial score (nSPS) is 15.1. The number of ether oxygens (including phenoxy) is 1. The van der Waals surface area contributed by atoms with Crippen molar-refractivity contribution in [1.29, 1.82) is 0 Å². The molecule has 6 nitrogen and oxygen atoms in total. The molecular formula is C18H23ClN2O4. The third-order valence-corrected chi connectivity index (χ3v) is 4.53. The molecule has 0 aliphatic heterocycles. The number of methoxy groups -OCH3 is 1. The maximum absolute atomic E-state index is 12.1. The standard InChI is InChI=1S/C18H23ClN2O4/c1-25-18(24)12-8-9-14(19)15(10-12)21-17(23)11-16(22)20-13-6-4-2-3-5-7-13/h8-10,13H,2-7,11H2,1H3,(H,20,22)(H,21,23). The fraction of sp³-hybridized carbons (Fsp3) is 0.500. The Morgan fingerprint density at radius 3 is 2.44 bits per heavy atom. The van der Waals surface area contributed by atoms with Crippen molar-refractivity contribution in [3.8, 4) is 0 Å². The van der Waals surface area contributed by atoms with Gasteiger partial charge in [0.05, 0.1) is 23.4 Å². The second kappa shape index (κ2) is 9.42. The lowest BCUT2D eigenvalue weighted by molar-refractivity contribution is -0.127. The molecule has 1 aliphatic carbocycles. The molecule has 0 unspecified atom stereocenters. The minimum absolute atomic E-state index is 0.147. The molecule has 1 aliphatic rings. The van der Waals surface area contributed by atoms with Crippen LogP contribution in [-0.2, 0) is 14.3 Å². The smallest absolute Gasteiger partial charge is 0.337 e. The predicted octanol–water partition coefficient (Wildman–Crippen LogP) is 3.29. The minimum atomic E-state index is -0.529. The average molecular weight is 367 g/mol. The molecule has 1 aromatic carbocycles. The molecule has 1 saturated carbocycles. The fourth-order valence-electron chi connectivity index (χ4n) is 2.91. The summed E-state index contributed by atoms with van der Waals surface area (Å²) >= 11 is 6.03. The van der Waals surface area contributed by atoms with Crippen molar-refractivity contribution in [3.63, 3.8) is 0 Å². The van der Waals surface area contributed by atoms with Crippen LogP contribution in [0.1, 0.15) is 55.3 Å². The van der Waals surface area contributed by atoms with E-state index in [4.69, 9.17) is 11.6 Å². The first-order valence-corrected chi connectivity index (χ1v) is 8.84. The Labute approximate surface area is 152 Å². The van der Waals surface area contributed by atoms with Crippen LogP contribution in [0.15, 0.2) is 18.2 Å². The summed E-state index contributed by atoms with van der Waals surface area (Å²) < 4.78 is 4.64. The van der Waals surface area contributed by atoms with E-state index in [0.29, 0.717) is 0 Å². The lowest BCUT2D eigenvalue weighted by Crippen LogP contribution is -2.36. The number of nitrogens with one attached hydrogen (secondary N) is 2. The predicted molar refractivity (Wildman–Crippen MR) is 95.7 cm³/mol. The van der Waals surface area contributed by atoms with Crippen LogP contribution in [0, 0.1) is 0 Å². The molecule has 1 fully saturated rings. The molecule has 7 heteroatoms. The zero-order valence-electron chi connectivity index (χ0n) is 14.3. The van der Waals surface area contributed by atoms with Crippen molar-refractivity contribution >= 4 is 35.1 Å². The minimum Gasteiger partial charge on any atom is -0.465 e. The summed E-state index contributed by atoms with van der Waals surface area (Å²) in [6.45, 7) is 0. The van der Waals surface area contributed by atoms with Gasteiger partial charge in [0.1, 0.15) is 6.42 Å². The number of rotatable bonds is 5. The van der Waals surface area contributed by atoms with Gasteiger partial charge in [-0.05, 0) is 31.0 Å². The third-order valence-electron chi connectivity index (χ3n) is 4.20. The summed E-state index contributed by atoms with van der Waals surface area (Å²) in [4.78, 5) is 35.7. The molecule has 136 valence electrons. The summed E-state index contributed by atoms with van der Waals surface area (Å²) in [5, 5.41) is 5.78. The Hall–Kier alpha value is -2.08. The SMILES string of the molecule is COC(=O)c1ccc(Cl)c(NC(=O)CC(=O)NC2CCCCCC2)c1. The number of anilines is 1. The van der Waals surface area contributed by atoms with Gasteiger partial charge in [-0.3, -0.25) is 9.59 Å². The highest BCUT2D eigenvalue weighted by Crippen LogP contribution is 2.23. The van der Waals surface area contributed by atoms with Gasteiger partial charge >= 0.3 is 5.97 Å². The van der Waals surface area contributed by atoms with Crippen molar-refractivity contribution in [3.05, 3.63) is 28.8 Å².